The average Bonchev–Trinajstić information content (AvgIpc) is 3.13. The molecule has 1 aromatic heterocycles. The van der Waals surface area contributed by atoms with Gasteiger partial charge in [0, 0.05) is 17.4 Å². The molecule has 1 aliphatic heterocycles. The molecule has 1 N–H and O–H groups in total. The van der Waals surface area contributed by atoms with Crippen molar-refractivity contribution < 1.29 is 14.3 Å². The quantitative estimate of drug-likeness (QED) is 0.416. The molecule has 1 amide bonds. The smallest absolute Gasteiger partial charge is 0.350 e. The number of nitrogens with one attached hydrogen (secondary N) is 1. The number of carbonyl (C=O) groups excluding carboxylic acids is 2. The van der Waals surface area contributed by atoms with Crippen LogP contribution in [-0.4, -0.2) is 34.5 Å². The molecule has 128 valence electrons. The van der Waals surface area contributed by atoms with Crippen LogP contribution >= 0.6 is 32.9 Å². The maximum absolute atomic E-state index is 12.0. The van der Waals surface area contributed by atoms with Gasteiger partial charge in [0.2, 0.25) is 5.91 Å². The number of rotatable bonds is 8. The van der Waals surface area contributed by atoms with Gasteiger partial charge in [-0.15, -0.1) is 0 Å². The molecule has 0 radical (unpaired) electrons. The predicted octanol–water partition coefficient (Wildman–Crippen LogP) is 4.28. The van der Waals surface area contributed by atoms with Gasteiger partial charge in [0.15, 0.2) is 5.13 Å². The van der Waals surface area contributed by atoms with E-state index in [1.165, 1.54) is 29.9 Å². The van der Waals surface area contributed by atoms with E-state index in [0.717, 1.165) is 18.1 Å². The molecular formula is C15H22N2O3S3. The number of aryl methyl sites for hydroxylation is 1. The van der Waals surface area contributed by atoms with Gasteiger partial charge in [-0.05, 0) is 33.1 Å². The zero-order valence-corrected chi connectivity index (χ0v) is 15.9. The molecule has 1 atom stereocenters. The number of thiazole rings is 1. The van der Waals surface area contributed by atoms with Crippen LogP contribution in [0.15, 0.2) is 0 Å². The van der Waals surface area contributed by atoms with Crippen molar-refractivity contribution in [1.82, 2.24) is 4.98 Å². The molecule has 5 nitrogen and oxygen atoms in total. The number of carbonyl (C=O) groups is 2. The molecular weight excluding hydrogens is 352 g/mol. The van der Waals surface area contributed by atoms with E-state index in [-0.39, 0.29) is 11.9 Å². The van der Waals surface area contributed by atoms with Crippen LogP contribution in [0, 0.1) is 6.92 Å². The maximum atomic E-state index is 12.0. The van der Waals surface area contributed by atoms with Crippen molar-refractivity contribution in [3.05, 3.63) is 10.6 Å². The normalized spacial score (nSPS) is 17.2. The topological polar surface area (TPSA) is 68.3 Å². The van der Waals surface area contributed by atoms with Crippen molar-refractivity contribution in [1.29, 1.82) is 0 Å². The van der Waals surface area contributed by atoms with Gasteiger partial charge in [0.1, 0.15) is 4.88 Å². The minimum Gasteiger partial charge on any atom is -0.462 e. The highest BCUT2D eigenvalue weighted by Gasteiger charge is 2.18. The van der Waals surface area contributed by atoms with E-state index in [4.69, 9.17) is 4.74 Å². The fraction of sp³-hybridized carbons (Fsp3) is 0.667. The van der Waals surface area contributed by atoms with Gasteiger partial charge in [-0.1, -0.05) is 39.3 Å². The first-order valence-corrected chi connectivity index (χ1v) is 11.0. The fourth-order valence-corrected chi connectivity index (χ4v) is 6.14. The van der Waals surface area contributed by atoms with Crippen LogP contribution in [0.1, 0.15) is 54.4 Å². The standard InChI is InChI=1S/C15H22N2O3S3/c1-3-20-14(19)13-10(2)16-15(22-13)17-12(18)7-5-4-6-11-8-9-21-23-11/h11H,3-9H2,1-2H3,(H,16,17,18)/t11-/m1/s1. The summed E-state index contributed by atoms with van der Waals surface area (Å²) in [7, 11) is 3.93. The van der Waals surface area contributed by atoms with Crippen LogP contribution in [0.5, 0.6) is 0 Å². The highest BCUT2D eigenvalue weighted by atomic mass is 33.1. The summed E-state index contributed by atoms with van der Waals surface area (Å²) in [5, 5.41) is 4.01. The SMILES string of the molecule is CCOC(=O)c1sc(NC(=O)CCCC[C@@H]2CCSS2)nc1C. The minimum absolute atomic E-state index is 0.0393. The van der Waals surface area contributed by atoms with Gasteiger partial charge in [-0.2, -0.15) is 0 Å². The monoisotopic (exact) mass is 374 g/mol. The van der Waals surface area contributed by atoms with Crippen molar-refractivity contribution in [2.24, 2.45) is 0 Å². The van der Waals surface area contributed by atoms with Crippen LogP contribution in [0.4, 0.5) is 5.13 Å². The van der Waals surface area contributed by atoms with Crippen LogP contribution in [0.25, 0.3) is 0 Å². The van der Waals surface area contributed by atoms with Crippen molar-refractivity contribution >= 4 is 49.9 Å². The number of hydrogen-bond acceptors (Lipinski definition) is 7. The Morgan fingerprint density at radius 1 is 1.39 bits per heavy atom. The predicted molar refractivity (Wildman–Crippen MR) is 98.4 cm³/mol. The zero-order chi connectivity index (χ0) is 16.7. The largest absolute Gasteiger partial charge is 0.462 e. The molecule has 1 aliphatic rings. The second-order valence-corrected chi connectivity index (χ2v) is 9.06. The van der Waals surface area contributed by atoms with Crippen LogP contribution in [0.2, 0.25) is 0 Å². The third kappa shape index (κ3) is 6.00. The summed E-state index contributed by atoms with van der Waals surface area (Å²) in [6.45, 7) is 3.84. The number of aromatic nitrogens is 1. The van der Waals surface area contributed by atoms with Crippen molar-refractivity contribution in [2.75, 3.05) is 17.7 Å². The number of unbranched alkanes of at least 4 members (excludes halogenated alkanes) is 1. The van der Waals surface area contributed by atoms with Crippen molar-refractivity contribution in [3.8, 4) is 0 Å². The lowest BCUT2D eigenvalue weighted by Crippen LogP contribution is -2.11. The number of hydrogen-bond donors (Lipinski definition) is 1. The van der Waals surface area contributed by atoms with Gasteiger partial charge in [-0.3, -0.25) is 4.79 Å². The van der Waals surface area contributed by atoms with Gasteiger partial charge in [0.05, 0.1) is 12.3 Å². The Morgan fingerprint density at radius 3 is 2.91 bits per heavy atom. The highest BCUT2D eigenvalue weighted by molar-refractivity contribution is 8.77. The van der Waals surface area contributed by atoms with E-state index >= 15 is 0 Å². The lowest BCUT2D eigenvalue weighted by molar-refractivity contribution is -0.116. The Labute approximate surface area is 148 Å². The average molecular weight is 375 g/mol. The first kappa shape index (κ1) is 18.6. The molecule has 0 spiro atoms. The summed E-state index contributed by atoms with van der Waals surface area (Å²) in [6.07, 6.45) is 4.95. The summed E-state index contributed by atoms with van der Waals surface area (Å²) in [5.74, 6) is 0.833. The summed E-state index contributed by atoms with van der Waals surface area (Å²) in [4.78, 5) is 28.4. The molecule has 2 heterocycles. The summed E-state index contributed by atoms with van der Waals surface area (Å²) < 4.78 is 4.97. The van der Waals surface area contributed by atoms with E-state index in [0.29, 0.717) is 28.7 Å². The number of esters is 1. The molecule has 2 rings (SSSR count). The molecule has 0 unspecified atom stereocenters. The molecule has 0 bridgehead atoms. The second kappa shape index (κ2) is 9.54. The molecule has 0 saturated carbocycles. The summed E-state index contributed by atoms with van der Waals surface area (Å²) in [5.41, 5.74) is 0.597. The van der Waals surface area contributed by atoms with Gasteiger partial charge in [-0.25, -0.2) is 9.78 Å². The van der Waals surface area contributed by atoms with E-state index in [1.807, 2.05) is 21.6 Å². The number of anilines is 1. The Morgan fingerprint density at radius 2 is 2.22 bits per heavy atom. The second-order valence-electron chi connectivity index (χ2n) is 5.28. The first-order valence-electron chi connectivity index (χ1n) is 7.82. The molecule has 1 fully saturated rings. The Hall–Kier alpha value is -0.730. The first-order chi connectivity index (χ1) is 11.1. The number of ether oxygens (including phenoxy) is 1. The summed E-state index contributed by atoms with van der Waals surface area (Å²) >= 11 is 1.17. The van der Waals surface area contributed by atoms with E-state index in [9.17, 15) is 9.59 Å². The Bertz CT molecular complexity index is 542. The maximum Gasteiger partial charge on any atom is 0.350 e. The van der Waals surface area contributed by atoms with Gasteiger partial charge < -0.3 is 10.1 Å². The van der Waals surface area contributed by atoms with Crippen LogP contribution in [0.3, 0.4) is 0 Å². The molecule has 23 heavy (non-hydrogen) atoms. The molecule has 1 aromatic rings. The van der Waals surface area contributed by atoms with Crippen LogP contribution < -0.4 is 5.32 Å². The Balaban J connectivity index is 1.72. The third-order valence-corrected chi connectivity index (χ3v) is 7.47. The van der Waals surface area contributed by atoms with E-state index in [1.54, 1.807) is 13.8 Å². The molecule has 8 heteroatoms. The number of nitrogens with zero attached hydrogens (tertiary/aromatic N) is 1. The van der Waals surface area contributed by atoms with Gasteiger partial charge in [0.25, 0.3) is 0 Å². The van der Waals surface area contributed by atoms with Crippen molar-refractivity contribution in [3.63, 3.8) is 0 Å². The molecule has 0 aliphatic carbocycles. The van der Waals surface area contributed by atoms with Crippen LogP contribution in [-0.2, 0) is 9.53 Å². The van der Waals surface area contributed by atoms with E-state index in [2.05, 4.69) is 10.3 Å². The third-order valence-electron chi connectivity index (χ3n) is 3.41. The lowest BCUT2D eigenvalue weighted by Gasteiger charge is -2.06. The van der Waals surface area contributed by atoms with Crippen molar-refractivity contribution in [2.45, 2.75) is 51.2 Å². The fourth-order valence-electron chi connectivity index (χ4n) is 2.24. The van der Waals surface area contributed by atoms with Gasteiger partial charge >= 0.3 is 5.97 Å². The van der Waals surface area contributed by atoms with E-state index < -0.39 is 0 Å². The molecule has 0 aromatic carbocycles. The molecule has 1 saturated heterocycles. The summed E-state index contributed by atoms with van der Waals surface area (Å²) in [6, 6.07) is 0. The lowest BCUT2D eigenvalue weighted by atomic mass is 10.1. The minimum atomic E-state index is -0.380. The Kier molecular flexibility index (Phi) is 7.72. The highest BCUT2D eigenvalue weighted by Crippen LogP contribution is 2.39. The number of amides is 1. The zero-order valence-electron chi connectivity index (χ0n) is 13.4.